The van der Waals surface area contributed by atoms with Crippen molar-refractivity contribution in [1.29, 1.82) is 0 Å². The molecule has 0 radical (unpaired) electrons. The highest BCUT2D eigenvalue weighted by Crippen LogP contribution is 2.43. The summed E-state index contributed by atoms with van der Waals surface area (Å²) in [5.41, 5.74) is 11.7. The van der Waals surface area contributed by atoms with Gasteiger partial charge in [-0.3, -0.25) is 37.7 Å². The molecule has 3 aliphatic heterocycles. The number of hydrogen-bond donors (Lipinski definition) is 1. The van der Waals surface area contributed by atoms with Gasteiger partial charge in [-0.2, -0.15) is 33.8 Å². The fourth-order valence-corrected chi connectivity index (χ4v) is 13.7. The first-order valence-corrected chi connectivity index (χ1v) is 37.8. The molecule has 3 saturated heterocycles. The van der Waals surface area contributed by atoms with Gasteiger partial charge in [0.05, 0.1) is 89.5 Å². The summed E-state index contributed by atoms with van der Waals surface area (Å²) < 4.78 is 95.5. The van der Waals surface area contributed by atoms with Crippen LogP contribution in [0.4, 0.5) is 21.0 Å². The second-order valence-corrected chi connectivity index (χ2v) is 27.8. The van der Waals surface area contributed by atoms with Gasteiger partial charge in [0.1, 0.15) is 45.1 Å². The molecule has 8 aromatic heterocycles. The van der Waals surface area contributed by atoms with Gasteiger partial charge < -0.3 is 51.1 Å². The molecular weight excluding hydrogens is 1420 g/mol. The van der Waals surface area contributed by atoms with Crippen molar-refractivity contribution in [2.75, 3.05) is 83.0 Å². The van der Waals surface area contributed by atoms with Gasteiger partial charge in [-0.15, -0.1) is 0 Å². The van der Waals surface area contributed by atoms with E-state index in [1.807, 2.05) is 103 Å². The van der Waals surface area contributed by atoms with Crippen LogP contribution in [0.3, 0.4) is 0 Å². The average Bonchev–Trinajstić information content (AvgIpc) is 1.58. The number of aromatic nitrogens is 10. The minimum Gasteiger partial charge on any atom is -0.496 e. The van der Waals surface area contributed by atoms with E-state index in [2.05, 4.69) is 34.9 Å². The molecule has 3 fully saturated rings. The van der Waals surface area contributed by atoms with E-state index >= 15 is 0 Å². The van der Waals surface area contributed by atoms with Crippen LogP contribution in [0.15, 0.2) is 104 Å². The van der Waals surface area contributed by atoms with E-state index in [-0.39, 0.29) is 74.2 Å². The highest BCUT2D eigenvalue weighted by Gasteiger charge is 2.33. The van der Waals surface area contributed by atoms with Gasteiger partial charge in [0.25, 0.3) is 10.1 Å². The highest BCUT2D eigenvalue weighted by atomic mass is 32.2. The molecule has 0 saturated carbocycles. The van der Waals surface area contributed by atoms with Crippen LogP contribution >= 0.6 is 0 Å². The van der Waals surface area contributed by atoms with Crippen molar-refractivity contribution in [2.45, 2.75) is 124 Å². The molecule has 1 N–H and O–H groups in total. The number of benzene rings is 3. The number of aryl methyl sites for hydroxylation is 7. The zero-order valence-electron chi connectivity index (χ0n) is 62.8. The average molecular weight is 1510 g/mol. The highest BCUT2D eigenvalue weighted by molar-refractivity contribution is 7.86. The van der Waals surface area contributed by atoms with Crippen molar-refractivity contribution in [3.63, 3.8) is 0 Å². The molecular formula is C76H92N12O19S. The number of nitrogens with zero attached hydrogens (tertiary/aromatic N) is 11. The van der Waals surface area contributed by atoms with Crippen molar-refractivity contribution in [1.82, 2.24) is 48.7 Å². The summed E-state index contributed by atoms with van der Waals surface area (Å²) in [4.78, 5) is 69.5. The SMILES string of the molecule is CCOC(=O)Nc1c(C(=O)OCC)oc2cc(C)c(-c3cnn(C)c3)cc12.CCOC(=O)c1oc2cc(C)c(-c3cnn(C)c3)cc2c1N(CC[C@@H]1CCCO1)C(=O)OCC.COc1cc2oc3c(-c4cnn(C)c4)nc(=O)n(CC[C@@H]4CCCO4)c3c2cc1-c1cnn(C)c1.CS(=O)(=O)OCC[C@H]1CCCO1. The molecule has 2 amide bonds. The van der Waals surface area contributed by atoms with Crippen LogP contribution in [0, 0.1) is 13.8 Å². The van der Waals surface area contributed by atoms with Gasteiger partial charge in [-0.05, 0) is 152 Å². The lowest BCUT2D eigenvalue weighted by Crippen LogP contribution is -2.35. The Morgan fingerprint density at radius 1 is 0.583 bits per heavy atom. The third-order valence-corrected chi connectivity index (χ3v) is 18.9. The standard InChI is InChI=1S/C25H26N6O4.C25H31N3O6.C19H21N3O5.C7H14O4S/c1-29-13-15(11-26-29)18-9-19-21(10-20(18)33-3)35-24-22(16-12-27-30(2)14-16)28-25(32)31(23(19)24)7-6-17-5-4-8-34-17;1-5-31-24(29)23-22(28(25(30)32-6-2)10-9-18-8-7-11-33-18)20-13-19(16(3)12-21(20)34-23)17-14-26-27(4)15-17;1-5-25-18(23)17-16(21-19(24)26-6-2)14-8-13(11(3)7-15(14)27-17)12-9-20-22(4)10-12;1-12(8,9)11-6-4-7-3-2-5-10-7/h9-14,17H,4-8H2,1-3H3;12-15,18H,5-11H2,1-4H3;7-10H,5-6H2,1-4H3,(H,21,24);7H,2-6H2,1H3/t17-;18-;;7-/m00.1/s1. The van der Waals surface area contributed by atoms with Gasteiger partial charge >= 0.3 is 29.8 Å². The van der Waals surface area contributed by atoms with Crippen molar-refractivity contribution in [3.05, 3.63) is 119 Å². The molecule has 3 aliphatic rings. The summed E-state index contributed by atoms with van der Waals surface area (Å²) in [6.45, 7) is 14.9. The quantitative estimate of drug-likeness (QED) is 0.0353. The molecule has 32 heteroatoms. The minimum absolute atomic E-state index is 0.0139. The first kappa shape index (κ1) is 78.4. The maximum atomic E-state index is 13.4. The number of methoxy groups -OCH3 is 1. The number of hydrogen-bond acceptors (Lipinski definition) is 24. The van der Waals surface area contributed by atoms with Crippen LogP contribution < -0.4 is 20.6 Å². The summed E-state index contributed by atoms with van der Waals surface area (Å²) in [5.74, 6) is -0.696. The number of amides is 2. The maximum absolute atomic E-state index is 13.4. The van der Waals surface area contributed by atoms with Gasteiger partial charge in [0.2, 0.25) is 11.5 Å². The van der Waals surface area contributed by atoms with E-state index in [0.717, 1.165) is 126 Å². The number of fused-ring (bicyclic) bond motifs is 5. The number of furan rings is 3. The zero-order valence-corrected chi connectivity index (χ0v) is 63.7. The fourth-order valence-electron chi connectivity index (χ4n) is 13.3. The van der Waals surface area contributed by atoms with E-state index in [0.29, 0.717) is 81.7 Å². The maximum Gasteiger partial charge on any atom is 0.414 e. The number of ether oxygens (including phenoxy) is 8. The summed E-state index contributed by atoms with van der Waals surface area (Å²) in [6.07, 6.45) is 23.0. The van der Waals surface area contributed by atoms with Crippen LogP contribution in [0.25, 0.3) is 88.6 Å². The van der Waals surface area contributed by atoms with Crippen LogP contribution in [0.1, 0.15) is 118 Å². The Morgan fingerprint density at radius 2 is 1.06 bits per heavy atom. The molecule has 3 atom stereocenters. The Bertz CT molecular complexity index is 5170. The number of rotatable bonds is 23. The van der Waals surface area contributed by atoms with Crippen LogP contribution in [0.5, 0.6) is 5.75 Å². The monoisotopic (exact) mass is 1510 g/mol. The Hall–Kier alpha value is -10.7. The lowest BCUT2D eigenvalue weighted by molar-refractivity contribution is 0.0485. The second kappa shape index (κ2) is 35.4. The molecule has 576 valence electrons. The number of nitrogens with one attached hydrogen (secondary N) is 1. The van der Waals surface area contributed by atoms with Gasteiger partial charge in [-0.25, -0.2) is 24.0 Å². The third-order valence-electron chi connectivity index (χ3n) is 18.3. The fraction of sp³-hybridized carbons (Fsp3) is 0.447. The molecule has 108 heavy (non-hydrogen) atoms. The number of esters is 2. The van der Waals surface area contributed by atoms with E-state index < -0.39 is 34.2 Å². The first-order valence-electron chi connectivity index (χ1n) is 36.0. The number of carbonyl (C=O) groups excluding carboxylic acids is 4. The number of carbonyl (C=O) groups is 4. The lowest BCUT2D eigenvalue weighted by Gasteiger charge is -2.23. The molecule has 11 aromatic rings. The summed E-state index contributed by atoms with van der Waals surface area (Å²) in [6, 6.07) is 11.3. The second-order valence-electron chi connectivity index (χ2n) is 26.2. The Morgan fingerprint density at radius 3 is 1.57 bits per heavy atom. The van der Waals surface area contributed by atoms with E-state index in [1.54, 1.807) is 82.9 Å². The third kappa shape index (κ3) is 18.6. The van der Waals surface area contributed by atoms with Gasteiger partial charge in [0, 0.05) is 136 Å². The van der Waals surface area contributed by atoms with Crippen molar-refractivity contribution in [3.8, 4) is 50.4 Å². The predicted octanol–water partition coefficient (Wildman–Crippen LogP) is 12.8. The Balaban J connectivity index is 0.000000151. The van der Waals surface area contributed by atoms with E-state index in [1.165, 1.54) is 4.90 Å². The van der Waals surface area contributed by atoms with Crippen LogP contribution in [-0.4, -0.2) is 172 Å². The summed E-state index contributed by atoms with van der Waals surface area (Å²) in [7, 11) is 5.74. The molecule has 0 spiro atoms. The molecule has 31 nitrogen and oxygen atoms in total. The summed E-state index contributed by atoms with van der Waals surface area (Å²) >= 11 is 0. The molecule has 14 rings (SSSR count). The molecule has 0 unspecified atom stereocenters. The normalized spacial score (nSPS) is 15.5. The molecule has 0 aliphatic carbocycles. The van der Waals surface area contributed by atoms with Crippen LogP contribution in [0.2, 0.25) is 0 Å². The van der Waals surface area contributed by atoms with Crippen LogP contribution in [-0.2, 0) is 82.2 Å². The van der Waals surface area contributed by atoms with Gasteiger partial charge in [0.15, 0.2) is 5.58 Å². The zero-order chi connectivity index (χ0) is 76.9. The largest absolute Gasteiger partial charge is 0.496 e. The number of anilines is 2. The Kier molecular flexibility index (Phi) is 25.7. The lowest BCUT2D eigenvalue weighted by atomic mass is 10.0. The van der Waals surface area contributed by atoms with Crippen molar-refractivity contribution < 1.29 is 82.9 Å². The smallest absolute Gasteiger partial charge is 0.414 e. The van der Waals surface area contributed by atoms with Crippen molar-refractivity contribution >= 4 is 89.6 Å². The molecule has 3 aromatic carbocycles. The van der Waals surface area contributed by atoms with E-state index in [9.17, 15) is 32.4 Å². The minimum atomic E-state index is -3.27. The summed E-state index contributed by atoms with van der Waals surface area (Å²) in [5, 5.41) is 21.7. The van der Waals surface area contributed by atoms with E-state index in [4.69, 9.17) is 51.1 Å². The Labute approximate surface area is 623 Å². The predicted molar refractivity (Wildman–Crippen MR) is 402 cm³/mol. The molecule has 11 heterocycles. The first-order chi connectivity index (χ1) is 52.0. The molecule has 0 bridgehead atoms. The van der Waals surface area contributed by atoms with Crippen molar-refractivity contribution in [2.24, 2.45) is 28.2 Å². The topological polar surface area (TPSA) is 346 Å². The van der Waals surface area contributed by atoms with Gasteiger partial charge in [-0.1, -0.05) is 0 Å².